The Bertz CT molecular complexity index is 754. The summed E-state index contributed by atoms with van der Waals surface area (Å²) in [5.74, 6) is -1.00. The van der Waals surface area contributed by atoms with Gasteiger partial charge >= 0.3 is 5.97 Å². The smallest absolute Gasteiger partial charge is 0.340 e. The molecule has 120 valence electrons. The van der Waals surface area contributed by atoms with Gasteiger partial charge in [0, 0.05) is 11.4 Å². The van der Waals surface area contributed by atoms with Crippen molar-refractivity contribution in [1.82, 2.24) is 0 Å². The molecule has 3 N–H and O–H groups in total. The summed E-state index contributed by atoms with van der Waals surface area (Å²) in [5, 5.41) is 2.72. The van der Waals surface area contributed by atoms with E-state index >= 15 is 0 Å². The van der Waals surface area contributed by atoms with Crippen LogP contribution in [0, 0.1) is 20.8 Å². The van der Waals surface area contributed by atoms with Gasteiger partial charge in [0.2, 0.25) is 0 Å². The highest BCUT2D eigenvalue weighted by Gasteiger charge is 2.14. The van der Waals surface area contributed by atoms with Crippen LogP contribution in [0.15, 0.2) is 36.4 Å². The Balaban J connectivity index is 1.96. The van der Waals surface area contributed by atoms with Gasteiger partial charge < -0.3 is 15.8 Å². The summed E-state index contributed by atoms with van der Waals surface area (Å²) in [7, 11) is 0. The van der Waals surface area contributed by atoms with E-state index in [1.165, 1.54) is 0 Å². The van der Waals surface area contributed by atoms with E-state index in [1.807, 2.05) is 32.0 Å². The van der Waals surface area contributed by atoms with Crippen molar-refractivity contribution in [2.75, 3.05) is 17.7 Å². The van der Waals surface area contributed by atoms with Crippen LogP contribution in [-0.2, 0) is 9.53 Å². The highest BCUT2D eigenvalue weighted by Crippen LogP contribution is 2.18. The molecule has 0 atom stereocenters. The fraction of sp³-hybridized carbons (Fsp3) is 0.222. The van der Waals surface area contributed by atoms with Gasteiger partial charge in [-0.25, -0.2) is 4.79 Å². The Morgan fingerprint density at radius 3 is 2.52 bits per heavy atom. The number of para-hydroxylation sites is 1. The first-order valence-corrected chi connectivity index (χ1v) is 7.28. The van der Waals surface area contributed by atoms with Crippen LogP contribution in [0.4, 0.5) is 11.4 Å². The number of benzene rings is 2. The number of carbonyl (C=O) groups is 2. The van der Waals surface area contributed by atoms with Crippen LogP contribution in [0.1, 0.15) is 27.0 Å². The van der Waals surface area contributed by atoms with E-state index in [4.69, 9.17) is 10.5 Å². The summed E-state index contributed by atoms with van der Waals surface area (Å²) in [6.07, 6.45) is 0. The Morgan fingerprint density at radius 1 is 1.09 bits per heavy atom. The van der Waals surface area contributed by atoms with E-state index in [0.29, 0.717) is 11.4 Å². The lowest BCUT2D eigenvalue weighted by Crippen LogP contribution is -2.21. The molecule has 0 saturated carbocycles. The van der Waals surface area contributed by atoms with E-state index in [1.54, 1.807) is 25.1 Å². The van der Waals surface area contributed by atoms with Gasteiger partial charge in [-0.1, -0.05) is 29.8 Å². The van der Waals surface area contributed by atoms with Gasteiger partial charge in [-0.05, 0) is 44.0 Å². The van der Waals surface area contributed by atoms with Gasteiger partial charge in [-0.3, -0.25) is 4.79 Å². The second-order valence-electron chi connectivity index (χ2n) is 5.48. The number of ether oxygens (including phenoxy) is 1. The normalized spacial score (nSPS) is 10.2. The third kappa shape index (κ3) is 4.10. The average Bonchev–Trinajstić information content (AvgIpc) is 2.50. The number of nitrogens with two attached hydrogens (primary N) is 1. The van der Waals surface area contributed by atoms with E-state index in [-0.39, 0.29) is 12.2 Å². The van der Waals surface area contributed by atoms with Crippen molar-refractivity contribution in [1.29, 1.82) is 0 Å². The summed E-state index contributed by atoms with van der Waals surface area (Å²) in [4.78, 5) is 23.9. The van der Waals surface area contributed by atoms with Crippen LogP contribution in [0.2, 0.25) is 0 Å². The third-order valence-corrected chi connectivity index (χ3v) is 3.53. The molecule has 2 aromatic rings. The molecule has 23 heavy (non-hydrogen) atoms. The quantitative estimate of drug-likeness (QED) is 0.671. The molecular formula is C18H20N2O3. The number of carbonyl (C=O) groups excluding carboxylic acids is 2. The Hall–Kier alpha value is -2.82. The highest BCUT2D eigenvalue weighted by molar-refractivity contribution is 5.98. The van der Waals surface area contributed by atoms with Crippen molar-refractivity contribution in [2.24, 2.45) is 0 Å². The first kappa shape index (κ1) is 16.5. The summed E-state index contributed by atoms with van der Waals surface area (Å²) in [6.45, 7) is 5.33. The number of amides is 1. The average molecular weight is 312 g/mol. The minimum Gasteiger partial charge on any atom is -0.452 e. The van der Waals surface area contributed by atoms with Gasteiger partial charge in [-0.2, -0.15) is 0 Å². The summed E-state index contributed by atoms with van der Waals surface area (Å²) in [5.41, 5.74) is 10.0. The molecule has 5 heteroatoms. The third-order valence-electron chi connectivity index (χ3n) is 3.53. The monoisotopic (exact) mass is 312 g/mol. The molecule has 0 fully saturated rings. The van der Waals surface area contributed by atoms with Crippen LogP contribution in [-0.4, -0.2) is 18.5 Å². The second kappa shape index (κ2) is 6.96. The molecule has 0 heterocycles. The maximum Gasteiger partial charge on any atom is 0.340 e. The molecule has 0 bridgehead atoms. The molecular weight excluding hydrogens is 292 g/mol. The number of anilines is 2. The van der Waals surface area contributed by atoms with Crippen LogP contribution in [0.5, 0.6) is 0 Å². The molecule has 2 rings (SSSR count). The summed E-state index contributed by atoms with van der Waals surface area (Å²) < 4.78 is 5.03. The lowest BCUT2D eigenvalue weighted by atomic mass is 10.1. The molecule has 0 aliphatic rings. The van der Waals surface area contributed by atoms with Crippen LogP contribution in [0.3, 0.4) is 0 Å². The van der Waals surface area contributed by atoms with Gasteiger partial charge in [0.1, 0.15) is 0 Å². The molecule has 2 aromatic carbocycles. The first-order valence-electron chi connectivity index (χ1n) is 7.28. The first-order chi connectivity index (χ1) is 10.9. The molecule has 0 aromatic heterocycles. The number of nitrogens with one attached hydrogen (secondary N) is 1. The number of aryl methyl sites for hydroxylation is 3. The van der Waals surface area contributed by atoms with Gasteiger partial charge in [0.15, 0.2) is 6.61 Å². The van der Waals surface area contributed by atoms with Crippen molar-refractivity contribution in [3.05, 3.63) is 58.7 Å². The summed E-state index contributed by atoms with van der Waals surface area (Å²) in [6, 6.07) is 10.8. The van der Waals surface area contributed by atoms with Crippen molar-refractivity contribution in [2.45, 2.75) is 20.8 Å². The Kier molecular flexibility index (Phi) is 5.01. The van der Waals surface area contributed by atoms with Crippen molar-refractivity contribution in [3.8, 4) is 0 Å². The SMILES string of the molecule is Cc1ccc(NC(=O)COC(=O)c2cccc(C)c2N)c(C)c1. The zero-order valence-electron chi connectivity index (χ0n) is 13.5. The van der Waals surface area contributed by atoms with Crippen LogP contribution in [0.25, 0.3) is 0 Å². The maximum absolute atomic E-state index is 12.0. The Labute approximate surface area is 135 Å². The van der Waals surface area contributed by atoms with Crippen molar-refractivity contribution < 1.29 is 14.3 Å². The summed E-state index contributed by atoms with van der Waals surface area (Å²) >= 11 is 0. The van der Waals surface area contributed by atoms with Gasteiger partial charge in [0.05, 0.1) is 5.56 Å². The largest absolute Gasteiger partial charge is 0.452 e. The van der Waals surface area contributed by atoms with E-state index in [0.717, 1.165) is 16.7 Å². The predicted octanol–water partition coefficient (Wildman–Crippen LogP) is 2.99. The lowest BCUT2D eigenvalue weighted by molar-refractivity contribution is -0.119. The number of hydrogen-bond acceptors (Lipinski definition) is 4. The minimum absolute atomic E-state index is 0.268. The second-order valence-corrected chi connectivity index (χ2v) is 5.48. The fourth-order valence-corrected chi connectivity index (χ4v) is 2.21. The molecule has 0 unspecified atom stereocenters. The maximum atomic E-state index is 12.0. The predicted molar refractivity (Wildman–Crippen MR) is 90.4 cm³/mol. The fourth-order valence-electron chi connectivity index (χ4n) is 2.21. The molecule has 1 amide bonds. The number of esters is 1. The van der Waals surface area contributed by atoms with Crippen LogP contribution >= 0.6 is 0 Å². The highest BCUT2D eigenvalue weighted by atomic mass is 16.5. The zero-order valence-corrected chi connectivity index (χ0v) is 13.5. The topological polar surface area (TPSA) is 81.4 Å². The molecule has 0 spiro atoms. The van der Waals surface area contributed by atoms with Crippen LogP contribution < -0.4 is 11.1 Å². The number of hydrogen-bond donors (Lipinski definition) is 2. The lowest BCUT2D eigenvalue weighted by Gasteiger charge is -2.11. The van der Waals surface area contributed by atoms with Gasteiger partial charge in [-0.15, -0.1) is 0 Å². The van der Waals surface area contributed by atoms with Gasteiger partial charge in [0.25, 0.3) is 5.91 Å². The number of rotatable bonds is 4. The molecule has 0 radical (unpaired) electrons. The molecule has 5 nitrogen and oxygen atoms in total. The Morgan fingerprint density at radius 2 is 1.83 bits per heavy atom. The molecule has 0 aliphatic carbocycles. The number of nitrogen functional groups attached to an aromatic ring is 1. The van der Waals surface area contributed by atoms with E-state index < -0.39 is 11.9 Å². The standard InChI is InChI=1S/C18H20N2O3/c1-11-7-8-15(13(3)9-11)20-16(21)10-23-18(22)14-6-4-5-12(2)17(14)19/h4-9H,10,19H2,1-3H3,(H,20,21). The zero-order chi connectivity index (χ0) is 17.0. The molecule has 0 saturated heterocycles. The van der Waals surface area contributed by atoms with E-state index in [2.05, 4.69) is 5.32 Å². The van der Waals surface area contributed by atoms with Crippen molar-refractivity contribution in [3.63, 3.8) is 0 Å². The molecule has 0 aliphatic heterocycles. The van der Waals surface area contributed by atoms with Crippen molar-refractivity contribution >= 4 is 23.3 Å². The minimum atomic E-state index is -0.609. The van der Waals surface area contributed by atoms with E-state index in [9.17, 15) is 9.59 Å².